The summed E-state index contributed by atoms with van der Waals surface area (Å²) in [6.45, 7) is 7.27. The highest BCUT2D eigenvalue weighted by Gasteiger charge is 2.42. The van der Waals surface area contributed by atoms with Crippen molar-refractivity contribution in [2.45, 2.75) is 56.8 Å². The van der Waals surface area contributed by atoms with Crippen molar-refractivity contribution in [2.75, 3.05) is 13.7 Å². The number of methoxy groups -OCH3 is 1. The molecule has 0 fully saturated rings. The molecule has 2 aromatic carbocycles. The zero-order chi connectivity index (χ0) is 24.7. The van der Waals surface area contributed by atoms with Crippen molar-refractivity contribution in [3.8, 4) is 11.8 Å². The zero-order valence-corrected chi connectivity index (χ0v) is 20.4. The highest BCUT2D eigenvalue weighted by atomic mass is 16.5. The number of carbonyl (C=O) groups is 1. The lowest BCUT2D eigenvalue weighted by atomic mass is 9.63. The van der Waals surface area contributed by atoms with Crippen LogP contribution in [0.5, 0.6) is 5.75 Å². The van der Waals surface area contributed by atoms with Gasteiger partial charge in [0.25, 0.3) is 0 Å². The van der Waals surface area contributed by atoms with Crippen LogP contribution in [0, 0.1) is 17.2 Å². The monoisotopic (exact) mass is 459 g/mol. The second kappa shape index (κ2) is 14.8. The molecule has 2 atom stereocenters. The summed E-state index contributed by atoms with van der Waals surface area (Å²) in [5.41, 5.74) is 1.45. The van der Waals surface area contributed by atoms with Gasteiger partial charge in [-0.05, 0) is 42.5 Å². The van der Waals surface area contributed by atoms with Crippen LogP contribution in [0.2, 0.25) is 0 Å². The lowest BCUT2D eigenvalue weighted by Crippen LogP contribution is -2.39. The summed E-state index contributed by atoms with van der Waals surface area (Å²) in [4.78, 5) is 11.9. The van der Waals surface area contributed by atoms with Crippen molar-refractivity contribution in [3.63, 3.8) is 0 Å². The van der Waals surface area contributed by atoms with Crippen LogP contribution in [0.3, 0.4) is 0 Å². The average molecular weight is 460 g/mol. The second-order valence-electron chi connectivity index (χ2n) is 8.53. The first-order chi connectivity index (χ1) is 16.6. The van der Waals surface area contributed by atoms with E-state index in [0.717, 1.165) is 55.1 Å². The summed E-state index contributed by atoms with van der Waals surface area (Å²) in [6.07, 6.45) is 11.8. The fraction of sp³-hybridized carbons (Fsp3) is 0.400. The van der Waals surface area contributed by atoms with Gasteiger partial charge in [-0.2, -0.15) is 5.26 Å². The van der Waals surface area contributed by atoms with E-state index in [-0.39, 0.29) is 6.61 Å². The Kier molecular flexibility index (Phi) is 11.7. The summed E-state index contributed by atoms with van der Waals surface area (Å²) < 4.78 is 10.8. The molecule has 0 heterocycles. The second-order valence-corrected chi connectivity index (χ2v) is 8.53. The Bertz CT molecular complexity index is 930. The first kappa shape index (κ1) is 26.9. The third-order valence-electron chi connectivity index (χ3n) is 6.43. The van der Waals surface area contributed by atoms with Crippen molar-refractivity contribution in [1.82, 2.24) is 0 Å². The lowest BCUT2D eigenvalue weighted by Gasteiger charge is -2.39. The number of hydrogen-bond acceptors (Lipinski definition) is 4. The van der Waals surface area contributed by atoms with E-state index in [1.54, 1.807) is 7.11 Å². The molecule has 180 valence electrons. The molecule has 0 spiro atoms. The summed E-state index contributed by atoms with van der Waals surface area (Å²) in [7, 11) is 1.64. The third kappa shape index (κ3) is 7.35. The van der Waals surface area contributed by atoms with Crippen molar-refractivity contribution in [1.29, 1.82) is 5.26 Å². The molecule has 2 aromatic rings. The predicted molar refractivity (Wildman–Crippen MR) is 138 cm³/mol. The fourth-order valence-electron chi connectivity index (χ4n) is 4.57. The van der Waals surface area contributed by atoms with Crippen LogP contribution in [-0.4, -0.2) is 19.7 Å². The molecular formula is C30H37NO3. The van der Waals surface area contributed by atoms with E-state index in [1.165, 1.54) is 19.3 Å². The van der Waals surface area contributed by atoms with Crippen molar-refractivity contribution in [2.24, 2.45) is 5.92 Å². The Morgan fingerprint density at radius 1 is 0.971 bits per heavy atom. The number of nitrogens with zero attached hydrogens (tertiary/aromatic N) is 1. The van der Waals surface area contributed by atoms with Gasteiger partial charge < -0.3 is 9.47 Å². The van der Waals surface area contributed by atoms with Crippen LogP contribution in [-0.2, 0) is 14.9 Å². The largest absolute Gasteiger partial charge is 0.497 e. The van der Waals surface area contributed by atoms with E-state index in [2.05, 4.69) is 31.4 Å². The minimum atomic E-state index is -0.618. The number of nitriles is 1. The van der Waals surface area contributed by atoms with Crippen LogP contribution in [0.1, 0.15) is 62.5 Å². The summed E-state index contributed by atoms with van der Waals surface area (Å²) >= 11 is 0. The SMILES string of the molecule is C=CCCCCCCCCC(c1ccccc1)(c1ccc(OC)cc1)C(C#N)COC(=O)C=C. The van der Waals surface area contributed by atoms with Gasteiger partial charge in [0.05, 0.1) is 19.1 Å². The molecule has 0 saturated carbocycles. The van der Waals surface area contributed by atoms with Gasteiger partial charge in [0.1, 0.15) is 12.4 Å². The summed E-state index contributed by atoms with van der Waals surface area (Å²) in [5, 5.41) is 10.3. The number of allylic oxidation sites excluding steroid dienone is 1. The Labute approximate surface area is 204 Å². The van der Waals surface area contributed by atoms with E-state index < -0.39 is 17.3 Å². The Morgan fingerprint density at radius 3 is 2.18 bits per heavy atom. The maximum Gasteiger partial charge on any atom is 0.330 e. The highest BCUT2D eigenvalue weighted by molar-refractivity contribution is 5.81. The number of carbonyl (C=O) groups excluding carboxylic acids is 1. The quantitative estimate of drug-likeness (QED) is 0.116. The van der Waals surface area contributed by atoms with Gasteiger partial charge in [-0.15, -0.1) is 6.58 Å². The smallest absolute Gasteiger partial charge is 0.330 e. The van der Waals surface area contributed by atoms with Gasteiger partial charge >= 0.3 is 5.97 Å². The number of benzene rings is 2. The summed E-state index contributed by atoms with van der Waals surface area (Å²) in [6, 6.07) is 20.5. The number of unbranched alkanes of at least 4 members (excludes halogenated alkanes) is 6. The Balaban J connectivity index is 2.37. The molecule has 0 radical (unpaired) electrons. The van der Waals surface area contributed by atoms with Crippen molar-refractivity contribution >= 4 is 5.97 Å². The minimum Gasteiger partial charge on any atom is -0.497 e. The number of ether oxygens (including phenoxy) is 2. The maximum atomic E-state index is 11.9. The van der Waals surface area contributed by atoms with Gasteiger partial charge in [-0.3, -0.25) is 0 Å². The molecule has 0 aliphatic rings. The normalized spacial score (nSPS) is 13.2. The molecule has 0 amide bonds. The Morgan fingerprint density at radius 2 is 1.59 bits per heavy atom. The molecule has 0 aromatic heterocycles. The lowest BCUT2D eigenvalue weighted by molar-refractivity contribution is -0.139. The first-order valence-corrected chi connectivity index (χ1v) is 12.1. The minimum absolute atomic E-state index is 0.00380. The van der Waals surface area contributed by atoms with Gasteiger partial charge in [-0.1, -0.05) is 87.2 Å². The zero-order valence-electron chi connectivity index (χ0n) is 20.4. The number of esters is 1. The number of rotatable bonds is 16. The highest BCUT2D eigenvalue weighted by Crippen LogP contribution is 2.44. The van der Waals surface area contributed by atoms with Crippen LogP contribution in [0.4, 0.5) is 0 Å². The molecule has 2 unspecified atom stereocenters. The predicted octanol–water partition coefficient (Wildman–Crippen LogP) is 7.16. The van der Waals surface area contributed by atoms with Gasteiger partial charge in [0.15, 0.2) is 0 Å². The van der Waals surface area contributed by atoms with E-state index >= 15 is 0 Å². The molecule has 4 heteroatoms. The fourth-order valence-corrected chi connectivity index (χ4v) is 4.57. The standard InChI is InChI=1S/C30H37NO3/c1-4-6-7-8-9-10-11-15-22-30(25-16-13-12-14-17-25,26-18-20-28(33-3)21-19-26)27(23-31)24-34-29(32)5-2/h4-5,12-14,16-21,27H,1-2,6-11,15,22,24H2,3H3. The molecule has 0 saturated heterocycles. The maximum absolute atomic E-state index is 11.9. The Hall–Kier alpha value is -3.32. The third-order valence-corrected chi connectivity index (χ3v) is 6.43. The molecule has 34 heavy (non-hydrogen) atoms. The molecule has 0 N–H and O–H groups in total. The van der Waals surface area contributed by atoms with E-state index in [9.17, 15) is 10.1 Å². The molecule has 0 aliphatic carbocycles. The van der Waals surface area contributed by atoms with Crippen molar-refractivity contribution in [3.05, 3.63) is 91.0 Å². The van der Waals surface area contributed by atoms with Crippen LogP contribution in [0.25, 0.3) is 0 Å². The molecule has 0 aliphatic heterocycles. The number of hydrogen-bond donors (Lipinski definition) is 0. The molecule has 4 nitrogen and oxygen atoms in total. The van der Waals surface area contributed by atoms with E-state index in [4.69, 9.17) is 9.47 Å². The summed E-state index contributed by atoms with van der Waals surface area (Å²) in [5.74, 6) is -0.312. The van der Waals surface area contributed by atoms with Gasteiger partial charge in [-0.25, -0.2) is 4.79 Å². The topological polar surface area (TPSA) is 59.3 Å². The average Bonchev–Trinajstić information content (AvgIpc) is 2.89. The molecular weight excluding hydrogens is 422 g/mol. The van der Waals surface area contributed by atoms with E-state index in [1.807, 2.05) is 48.5 Å². The van der Waals surface area contributed by atoms with Gasteiger partial charge in [0.2, 0.25) is 0 Å². The van der Waals surface area contributed by atoms with Gasteiger partial charge in [0, 0.05) is 11.5 Å². The van der Waals surface area contributed by atoms with Crippen molar-refractivity contribution < 1.29 is 14.3 Å². The molecule has 2 rings (SSSR count). The van der Waals surface area contributed by atoms with Crippen LogP contribution >= 0.6 is 0 Å². The first-order valence-electron chi connectivity index (χ1n) is 12.1. The van der Waals surface area contributed by atoms with E-state index in [0.29, 0.717) is 0 Å². The van der Waals surface area contributed by atoms with Crippen LogP contribution in [0.15, 0.2) is 79.9 Å². The molecule has 0 bridgehead atoms. The van der Waals surface area contributed by atoms with Crippen LogP contribution < -0.4 is 4.74 Å².